The van der Waals surface area contributed by atoms with Crippen molar-refractivity contribution in [3.63, 3.8) is 0 Å². The number of aliphatic carboxylic acids is 1. The van der Waals surface area contributed by atoms with E-state index >= 15 is 0 Å². The molecule has 3 rings (SSSR count). The first-order chi connectivity index (χ1) is 11.0. The molecule has 1 aromatic carbocycles. The second-order valence-corrected chi connectivity index (χ2v) is 6.10. The number of aromatic amines is 1. The van der Waals surface area contributed by atoms with E-state index in [1.807, 2.05) is 0 Å². The molecule has 1 aliphatic rings. The lowest BCUT2D eigenvalue weighted by molar-refractivity contribution is -0.137. The van der Waals surface area contributed by atoms with Crippen LogP contribution in [-0.4, -0.2) is 38.6 Å². The molecule has 0 atom stereocenters. The zero-order valence-corrected chi connectivity index (χ0v) is 13.1. The number of benzene rings is 1. The number of hydrogen-bond acceptors (Lipinski definition) is 3. The van der Waals surface area contributed by atoms with Crippen LogP contribution in [0.4, 0.5) is 0 Å². The molecule has 0 spiro atoms. The van der Waals surface area contributed by atoms with Crippen LogP contribution in [0.5, 0.6) is 0 Å². The van der Waals surface area contributed by atoms with E-state index in [9.17, 15) is 9.59 Å². The fraction of sp³-hybridized carbons (Fsp3) is 0.312. The number of amides is 1. The Morgan fingerprint density at radius 3 is 2.61 bits per heavy atom. The third-order valence-corrected chi connectivity index (χ3v) is 3.99. The lowest BCUT2D eigenvalue weighted by atomic mass is 10.2. The molecule has 2 aromatic rings. The predicted octanol–water partition coefficient (Wildman–Crippen LogP) is 2.67. The van der Waals surface area contributed by atoms with E-state index in [-0.39, 0.29) is 18.8 Å². The van der Waals surface area contributed by atoms with Crippen molar-refractivity contribution in [3.05, 3.63) is 52.3 Å². The summed E-state index contributed by atoms with van der Waals surface area (Å²) in [6, 6.07) is 8.67. The number of rotatable bonds is 6. The van der Waals surface area contributed by atoms with Crippen LogP contribution in [0.2, 0.25) is 5.02 Å². The highest BCUT2D eigenvalue weighted by atomic mass is 35.5. The summed E-state index contributed by atoms with van der Waals surface area (Å²) in [6.07, 6.45) is 2.19. The van der Waals surface area contributed by atoms with Gasteiger partial charge in [0.05, 0.1) is 0 Å². The molecule has 7 heteroatoms. The molecule has 0 bridgehead atoms. The molecule has 0 aliphatic heterocycles. The first kappa shape index (κ1) is 15.6. The number of carboxylic acids is 1. The molecule has 1 amide bonds. The summed E-state index contributed by atoms with van der Waals surface area (Å²) in [5, 5.41) is 16.5. The summed E-state index contributed by atoms with van der Waals surface area (Å²) in [5.41, 5.74) is 2.00. The largest absolute Gasteiger partial charge is 0.480 e. The van der Waals surface area contributed by atoms with Crippen molar-refractivity contribution in [2.75, 3.05) is 6.54 Å². The number of H-pyrrole nitrogens is 1. The van der Waals surface area contributed by atoms with Crippen molar-refractivity contribution < 1.29 is 14.7 Å². The highest BCUT2D eigenvalue weighted by Gasteiger charge is 2.28. The van der Waals surface area contributed by atoms with Crippen molar-refractivity contribution in [2.45, 2.75) is 25.3 Å². The van der Waals surface area contributed by atoms with Gasteiger partial charge in [-0.3, -0.25) is 14.7 Å². The third-order valence-electron chi connectivity index (χ3n) is 3.73. The molecule has 1 aromatic heterocycles. The van der Waals surface area contributed by atoms with Gasteiger partial charge in [0.15, 0.2) is 0 Å². The summed E-state index contributed by atoms with van der Waals surface area (Å²) in [7, 11) is 0. The highest BCUT2D eigenvalue weighted by Crippen LogP contribution is 2.39. The Bertz CT molecular complexity index is 722. The number of nitrogens with zero attached hydrogens (tertiary/aromatic N) is 2. The molecule has 1 aliphatic carbocycles. The van der Waals surface area contributed by atoms with Gasteiger partial charge in [-0.1, -0.05) is 23.7 Å². The molecule has 1 saturated carbocycles. The number of carboxylic acid groups (broad SMARTS) is 1. The molecule has 0 unspecified atom stereocenters. The van der Waals surface area contributed by atoms with Gasteiger partial charge >= 0.3 is 5.97 Å². The van der Waals surface area contributed by atoms with Gasteiger partial charge in [0.25, 0.3) is 5.91 Å². The summed E-state index contributed by atoms with van der Waals surface area (Å²) < 4.78 is 0. The van der Waals surface area contributed by atoms with Gasteiger partial charge in [-0.25, -0.2) is 0 Å². The minimum absolute atomic E-state index is 0.188. The smallest absolute Gasteiger partial charge is 0.323 e. The Labute approximate surface area is 138 Å². The van der Waals surface area contributed by atoms with Crippen molar-refractivity contribution >= 4 is 23.5 Å². The zero-order valence-electron chi connectivity index (χ0n) is 12.3. The van der Waals surface area contributed by atoms with Gasteiger partial charge in [-0.2, -0.15) is 5.10 Å². The summed E-state index contributed by atoms with van der Waals surface area (Å²) in [4.78, 5) is 24.9. The Kier molecular flexibility index (Phi) is 4.34. The average Bonchev–Trinajstić information content (AvgIpc) is 3.25. The van der Waals surface area contributed by atoms with E-state index in [0.29, 0.717) is 10.9 Å². The average molecular weight is 334 g/mol. The fourth-order valence-corrected chi connectivity index (χ4v) is 2.51. The topological polar surface area (TPSA) is 86.3 Å². The van der Waals surface area contributed by atoms with Crippen molar-refractivity contribution in [1.29, 1.82) is 0 Å². The lowest BCUT2D eigenvalue weighted by Gasteiger charge is -2.19. The Morgan fingerprint density at radius 1 is 1.30 bits per heavy atom. The molecule has 1 heterocycles. The first-order valence-corrected chi connectivity index (χ1v) is 7.71. The van der Waals surface area contributed by atoms with Gasteiger partial charge in [0, 0.05) is 23.2 Å². The maximum atomic E-state index is 12.6. The zero-order chi connectivity index (χ0) is 16.4. The molecule has 0 saturated heterocycles. The van der Waals surface area contributed by atoms with E-state index in [0.717, 1.165) is 24.1 Å². The SMILES string of the molecule is O=C(O)CN(Cc1ccc(Cl)cc1)C(=O)c1cc(C2CC2)[nH]n1. The molecule has 120 valence electrons. The van der Waals surface area contributed by atoms with Crippen LogP contribution in [0.1, 0.15) is 40.5 Å². The van der Waals surface area contributed by atoms with Crippen molar-refractivity contribution in [2.24, 2.45) is 0 Å². The molecular formula is C16H16ClN3O3. The van der Waals surface area contributed by atoms with Crippen molar-refractivity contribution in [3.8, 4) is 0 Å². The van der Waals surface area contributed by atoms with Crippen LogP contribution in [0.15, 0.2) is 30.3 Å². The standard InChI is InChI=1S/C16H16ClN3O3/c17-12-5-1-10(2-6-12)8-20(9-15(21)22)16(23)14-7-13(18-19-14)11-3-4-11/h1-2,5-7,11H,3-4,8-9H2,(H,18,19)(H,21,22). The number of hydrogen-bond donors (Lipinski definition) is 2. The number of carbonyl (C=O) groups excluding carboxylic acids is 1. The van der Waals surface area contributed by atoms with Gasteiger partial charge < -0.3 is 10.0 Å². The first-order valence-electron chi connectivity index (χ1n) is 7.34. The van der Waals surface area contributed by atoms with E-state index in [2.05, 4.69) is 10.2 Å². The fourth-order valence-electron chi connectivity index (χ4n) is 2.38. The molecule has 6 nitrogen and oxygen atoms in total. The van der Waals surface area contributed by atoms with E-state index in [1.165, 1.54) is 4.90 Å². The second-order valence-electron chi connectivity index (χ2n) is 5.66. The quantitative estimate of drug-likeness (QED) is 0.851. The van der Waals surface area contributed by atoms with Crippen LogP contribution < -0.4 is 0 Å². The van der Waals surface area contributed by atoms with E-state index in [4.69, 9.17) is 16.7 Å². The van der Waals surface area contributed by atoms with Gasteiger partial charge in [-0.15, -0.1) is 0 Å². The van der Waals surface area contributed by atoms with E-state index < -0.39 is 11.9 Å². The van der Waals surface area contributed by atoms with E-state index in [1.54, 1.807) is 30.3 Å². The summed E-state index contributed by atoms with van der Waals surface area (Å²) >= 11 is 5.84. The van der Waals surface area contributed by atoms with Gasteiger partial charge in [0.2, 0.25) is 0 Å². The maximum Gasteiger partial charge on any atom is 0.323 e. The van der Waals surface area contributed by atoms with Crippen LogP contribution >= 0.6 is 11.6 Å². The molecule has 23 heavy (non-hydrogen) atoms. The summed E-state index contributed by atoms with van der Waals surface area (Å²) in [5.74, 6) is -1.01. The lowest BCUT2D eigenvalue weighted by Crippen LogP contribution is -2.35. The van der Waals surface area contributed by atoms with Crippen LogP contribution in [-0.2, 0) is 11.3 Å². The number of aromatic nitrogens is 2. The number of nitrogens with one attached hydrogen (secondary N) is 1. The second kappa shape index (κ2) is 6.42. The van der Waals surface area contributed by atoms with Crippen LogP contribution in [0, 0.1) is 0 Å². The van der Waals surface area contributed by atoms with Crippen LogP contribution in [0.3, 0.4) is 0 Å². The summed E-state index contributed by atoms with van der Waals surface area (Å²) in [6.45, 7) is -0.193. The minimum atomic E-state index is -1.06. The Morgan fingerprint density at radius 2 is 2.00 bits per heavy atom. The molecule has 2 N–H and O–H groups in total. The van der Waals surface area contributed by atoms with Crippen LogP contribution in [0.25, 0.3) is 0 Å². The maximum absolute atomic E-state index is 12.6. The Hall–Kier alpha value is -2.34. The predicted molar refractivity (Wildman–Crippen MR) is 84.4 cm³/mol. The van der Waals surface area contributed by atoms with Crippen molar-refractivity contribution in [1.82, 2.24) is 15.1 Å². The molecular weight excluding hydrogens is 318 g/mol. The molecule has 1 fully saturated rings. The number of halogens is 1. The third kappa shape index (κ3) is 3.90. The van der Waals surface area contributed by atoms with Gasteiger partial charge in [-0.05, 0) is 36.6 Å². The normalized spacial score (nSPS) is 13.8. The Balaban J connectivity index is 1.77. The molecule has 0 radical (unpaired) electrons. The monoisotopic (exact) mass is 333 g/mol. The number of carbonyl (C=O) groups is 2. The minimum Gasteiger partial charge on any atom is -0.480 e. The highest BCUT2D eigenvalue weighted by molar-refractivity contribution is 6.30. The van der Waals surface area contributed by atoms with Gasteiger partial charge in [0.1, 0.15) is 12.2 Å².